The molecule has 122 valence electrons. The van der Waals surface area contributed by atoms with Crippen LogP contribution in [0.15, 0.2) is 47.4 Å². The van der Waals surface area contributed by atoms with Gasteiger partial charge in [-0.1, -0.05) is 12.1 Å². The van der Waals surface area contributed by atoms with Crippen LogP contribution in [0.2, 0.25) is 0 Å². The number of nitrogens with zero attached hydrogens (tertiary/aromatic N) is 1. The van der Waals surface area contributed by atoms with Gasteiger partial charge in [-0.05, 0) is 42.0 Å². The van der Waals surface area contributed by atoms with Gasteiger partial charge in [0.1, 0.15) is 10.7 Å². The molecular formula is C17H12FNO4S. The number of allylic oxidation sites excluding steroid dienone is 1. The lowest BCUT2D eigenvalue weighted by atomic mass is 10.0. The van der Waals surface area contributed by atoms with E-state index >= 15 is 0 Å². The summed E-state index contributed by atoms with van der Waals surface area (Å²) >= 11 is 0. The van der Waals surface area contributed by atoms with Crippen LogP contribution in [0.1, 0.15) is 26.3 Å². The summed E-state index contributed by atoms with van der Waals surface area (Å²) in [4.78, 5) is 23.7. The minimum Gasteiger partial charge on any atom is -0.478 e. The fourth-order valence-corrected chi connectivity index (χ4v) is 3.58. The molecule has 0 spiro atoms. The van der Waals surface area contributed by atoms with E-state index in [0.717, 1.165) is 0 Å². The number of ketones is 1. The molecule has 7 heteroatoms. The highest BCUT2D eigenvalue weighted by Gasteiger charge is 2.32. The van der Waals surface area contributed by atoms with Crippen molar-refractivity contribution in [1.29, 1.82) is 0 Å². The predicted octanol–water partition coefficient (Wildman–Crippen LogP) is 2.86. The normalized spacial score (nSPS) is 18.6. The molecule has 0 amide bonds. The first-order valence-electron chi connectivity index (χ1n) is 6.93. The van der Waals surface area contributed by atoms with E-state index in [2.05, 4.69) is 0 Å². The van der Waals surface area contributed by atoms with Gasteiger partial charge in [-0.3, -0.25) is 9.10 Å². The summed E-state index contributed by atoms with van der Waals surface area (Å²) in [6, 6.07) is 9.62. The quantitative estimate of drug-likeness (QED) is 0.850. The summed E-state index contributed by atoms with van der Waals surface area (Å²) in [7, 11) is -0.221. The molecule has 24 heavy (non-hydrogen) atoms. The van der Waals surface area contributed by atoms with Gasteiger partial charge in [0.25, 0.3) is 0 Å². The van der Waals surface area contributed by atoms with Crippen molar-refractivity contribution in [2.75, 3.05) is 11.4 Å². The van der Waals surface area contributed by atoms with E-state index in [-0.39, 0.29) is 16.0 Å². The number of carboxylic acids is 1. The lowest BCUT2D eigenvalue weighted by Crippen LogP contribution is -2.31. The molecular weight excluding hydrogens is 333 g/mol. The van der Waals surface area contributed by atoms with Crippen LogP contribution in [0.3, 0.4) is 0 Å². The van der Waals surface area contributed by atoms with Crippen molar-refractivity contribution in [2.45, 2.75) is 0 Å². The van der Waals surface area contributed by atoms with Crippen molar-refractivity contribution in [3.8, 4) is 0 Å². The number of benzene rings is 2. The van der Waals surface area contributed by atoms with Gasteiger partial charge < -0.3 is 5.11 Å². The topological polar surface area (TPSA) is 74.7 Å². The number of halogens is 1. The minimum atomic E-state index is -1.76. The Kier molecular flexibility index (Phi) is 4.02. The molecule has 1 atom stereocenters. The molecule has 1 aliphatic heterocycles. The minimum absolute atomic E-state index is 0.0295. The molecule has 0 fully saturated rings. The summed E-state index contributed by atoms with van der Waals surface area (Å²) in [5.74, 6) is -2.16. The first-order chi connectivity index (χ1) is 11.4. The molecule has 0 saturated heterocycles. The third-order valence-corrected chi connectivity index (χ3v) is 5.01. The molecule has 3 rings (SSSR count). The first-order valence-corrected chi connectivity index (χ1v) is 8.04. The summed E-state index contributed by atoms with van der Waals surface area (Å²) in [6.45, 7) is 0. The Balaban J connectivity index is 2.14. The lowest BCUT2D eigenvalue weighted by molar-refractivity contribution is 0.0697. The standard InChI is InChI=1S/C17H12FNO4S/c1-19-14-6-5-11(17(21)22)9-13(14)16(20)15(24(19)23)8-10-3-2-4-12(18)7-10/h2-9H,1H3,(H,21,22)/b15-8+. The Labute approximate surface area is 139 Å². The summed E-state index contributed by atoms with van der Waals surface area (Å²) in [6.07, 6.45) is 1.36. The van der Waals surface area contributed by atoms with Gasteiger partial charge in [0.05, 0.1) is 11.3 Å². The molecule has 5 nitrogen and oxygen atoms in total. The molecule has 0 aliphatic carbocycles. The third kappa shape index (κ3) is 2.74. The van der Waals surface area contributed by atoms with Crippen LogP contribution in [0.4, 0.5) is 10.1 Å². The number of carbonyl (C=O) groups is 2. The zero-order chi connectivity index (χ0) is 17.4. The van der Waals surface area contributed by atoms with E-state index in [1.54, 1.807) is 13.1 Å². The number of hydrogen-bond donors (Lipinski definition) is 1. The third-order valence-electron chi connectivity index (χ3n) is 3.63. The highest BCUT2D eigenvalue weighted by molar-refractivity contribution is 7.91. The molecule has 1 unspecified atom stereocenters. The van der Waals surface area contributed by atoms with E-state index in [0.29, 0.717) is 11.3 Å². The van der Waals surface area contributed by atoms with Crippen molar-refractivity contribution in [2.24, 2.45) is 0 Å². The molecule has 1 heterocycles. The van der Waals surface area contributed by atoms with Crippen LogP contribution in [-0.4, -0.2) is 28.1 Å². The first kappa shape index (κ1) is 16.1. The van der Waals surface area contributed by atoms with Crippen molar-refractivity contribution in [3.05, 3.63) is 69.9 Å². The highest BCUT2D eigenvalue weighted by atomic mass is 32.2. The monoisotopic (exact) mass is 345 g/mol. The zero-order valence-electron chi connectivity index (χ0n) is 12.5. The van der Waals surface area contributed by atoms with Gasteiger partial charge in [0.15, 0.2) is 11.0 Å². The van der Waals surface area contributed by atoms with Crippen LogP contribution in [0.25, 0.3) is 6.08 Å². The van der Waals surface area contributed by atoms with Crippen LogP contribution in [-0.2, 0) is 11.0 Å². The van der Waals surface area contributed by atoms with Crippen molar-refractivity contribution < 1.29 is 23.3 Å². The molecule has 1 aliphatic rings. The highest BCUT2D eigenvalue weighted by Crippen LogP contribution is 2.33. The van der Waals surface area contributed by atoms with Crippen LogP contribution in [0, 0.1) is 5.82 Å². The van der Waals surface area contributed by atoms with E-state index in [1.165, 1.54) is 46.8 Å². The second-order valence-electron chi connectivity index (χ2n) is 5.18. The van der Waals surface area contributed by atoms with Crippen LogP contribution in [0.5, 0.6) is 0 Å². The second kappa shape index (κ2) is 6.01. The molecule has 0 radical (unpaired) electrons. The Morgan fingerprint density at radius 3 is 2.67 bits per heavy atom. The smallest absolute Gasteiger partial charge is 0.335 e. The van der Waals surface area contributed by atoms with Gasteiger partial charge >= 0.3 is 5.97 Å². The summed E-state index contributed by atoms with van der Waals surface area (Å²) in [5.41, 5.74) is 0.908. The lowest BCUT2D eigenvalue weighted by Gasteiger charge is -2.27. The largest absolute Gasteiger partial charge is 0.478 e. The van der Waals surface area contributed by atoms with Crippen molar-refractivity contribution in [3.63, 3.8) is 0 Å². The van der Waals surface area contributed by atoms with Gasteiger partial charge in [0, 0.05) is 12.6 Å². The maximum absolute atomic E-state index is 13.3. The summed E-state index contributed by atoms with van der Waals surface area (Å²) < 4.78 is 27.2. The number of carboxylic acid groups (broad SMARTS) is 1. The Morgan fingerprint density at radius 1 is 1.25 bits per heavy atom. The SMILES string of the molecule is CN1c2ccc(C(=O)O)cc2C(=O)/C(=C\c2cccc(F)c2)S1=O. The number of aromatic carboxylic acids is 1. The summed E-state index contributed by atoms with van der Waals surface area (Å²) in [5, 5.41) is 9.08. The molecule has 2 aromatic carbocycles. The Bertz CT molecular complexity index is 923. The second-order valence-corrected chi connectivity index (χ2v) is 6.66. The van der Waals surface area contributed by atoms with Gasteiger partial charge in [-0.2, -0.15) is 0 Å². The zero-order valence-corrected chi connectivity index (χ0v) is 13.3. The number of fused-ring (bicyclic) bond motifs is 1. The maximum Gasteiger partial charge on any atom is 0.335 e. The fourth-order valence-electron chi connectivity index (χ4n) is 2.44. The molecule has 0 saturated carbocycles. The van der Waals surface area contributed by atoms with Gasteiger partial charge in [0.2, 0.25) is 5.78 Å². The molecule has 2 aromatic rings. The Morgan fingerprint density at radius 2 is 2.00 bits per heavy atom. The predicted molar refractivity (Wildman–Crippen MR) is 88.7 cm³/mol. The number of Topliss-reactive ketones (excluding diaryl/α,β-unsaturated/α-hetero) is 1. The van der Waals surface area contributed by atoms with Crippen LogP contribution >= 0.6 is 0 Å². The van der Waals surface area contributed by atoms with Gasteiger partial charge in [-0.25, -0.2) is 13.4 Å². The fraction of sp³-hybridized carbons (Fsp3) is 0.0588. The number of anilines is 1. The molecule has 0 bridgehead atoms. The average molecular weight is 345 g/mol. The van der Waals surface area contributed by atoms with E-state index in [1.807, 2.05) is 0 Å². The molecule has 0 aromatic heterocycles. The van der Waals surface area contributed by atoms with E-state index in [9.17, 15) is 18.2 Å². The number of hydrogen-bond acceptors (Lipinski definition) is 3. The van der Waals surface area contributed by atoms with E-state index in [4.69, 9.17) is 5.11 Å². The maximum atomic E-state index is 13.3. The molecule has 1 N–H and O–H groups in total. The number of rotatable bonds is 2. The average Bonchev–Trinajstić information content (AvgIpc) is 2.56. The van der Waals surface area contributed by atoms with Crippen molar-refractivity contribution in [1.82, 2.24) is 0 Å². The number of carbonyl (C=O) groups excluding carboxylic acids is 1. The van der Waals surface area contributed by atoms with Crippen LogP contribution < -0.4 is 4.31 Å². The van der Waals surface area contributed by atoms with E-state index < -0.39 is 28.6 Å². The Hall–Kier alpha value is -2.80. The van der Waals surface area contributed by atoms with Crippen molar-refractivity contribution >= 4 is 34.5 Å². The van der Waals surface area contributed by atoms with Gasteiger partial charge in [-0.15, -0.1) is 0 Å².